The van der Waals surface area contributed by atoms with Crippen molar-refractivity contribution in [2.24, 2.45) is 0 Å². The monoisotopic (exact) mass is 324 g/mol. The van der Waals surface area contributed by atoms with E-state index in [1.54, 1.807) is 24.3 Å². The van der Waals surface area contributed by atoms with Crippen LogP contribution >= 0.6 is 0 Å². The zero-order valence-electron chi connectivity index (χ0n) is 12.6. The number of nitrogens with one attached hydrogen (secondary N) is 2. The van der Waals surface area contributed by atoms with Gasteiger partial charge in [-0.15, -0.1) is 0 Å². The van der Waals surface area contributed by atoms with Gasteiger partial charge in [-0.2, -0.15) is 0 Å². The molecule has 0 spiro atoms. The molecule has 1 saturated heterocycles. The maximum absolute atomic E-state index is 12.1. The number of rotatable bonds is 4. The molecule has 120 valence electrons. The second kappa shape index (κ2) is 6.48. The molecule has 6 nitrogen and oxygen atoms in total. The second-order valence-electron chi connectivity index (χ2n) is 5.78. The van der Waals surface area contributed by atoms with E-state index < -0.39 is 9.84 Å². The molecule has 1 unspecified atom stereocenters. The molecule has 0 bridgehead atoms. The number of hydrogen-bond donors (Lipinski definition) is 2. The van der Waals surface area contributed by atoms with Gasteiger partial charge >= 0.3 is 0 Å². The third-order valence-electron chi connectivity index (χ3n) is 3.40. The Morgan fingerprint density at radius 2 is 1.64 bits per heavy atom. The quantitative estimate of drug-likeness (QED) is 0.854. The summed E-state index contributed by atoms with van der Waals surface area (Å²) in [7, 11) is -3.02. The molecule has 1 aromatic rings. The third-order valence-corrected chi connectivity index (χ3v) is 5.16. The van der Waals surface area contributed by atoms with E-state index in [-0.39, 0.29) is 35.4 Å². The summed E-state index contributed by atoms with van der Waals surface area (Å²) in [5.41, 5.74) is 0.888. The average molecular weight is 324 g/mol. The number of carbonyl (C=O) groups excluding carboxylic acids is 2. The molecule has 1 aliphatic heterocycles. The van der Waals surface area contributed by atoms with E-state index >= 15 is 0 Å². The fourth-order valence-electron chi connectivity index (χ4n) is 2.30. The largest absolute Gasteiger partial charge is 0.350 e. The molecule has 1 fully saturated rings. The molecule has 2 N–H and O–H groups in total. The van der Waals surface area contributed by atoms with Crippen molar-refractivity contribution >= 4 is 21.7 Å². The van der Waals surface area contributed by atoms with Crippen molar-refractivity contribution in [2.75, 3.05) is 11.5 Å². The van der Waals surface area contributed by atoms with Crippen LogP contribution in [0.25, 0.3) is 0 Å². The van der Waals surface area contributed by atoms with Gasteiger partial charge in [0.2, 0.25) is 0 Å². The summed E-state index contributed by atoms with van der Waals surface area (Å²) in [6, 6.07) is 6.00. The summed E-state index contributed by atoms with van der Waals surface area (Å²) < 4.78 is 22.7. The molecule has 1 aromatic carbocycles. The molecule has 2 amide bonds. The summed E-state index contributed by atoms with van der Waals surface area (Å²) in [6.07, 6.45) is 0.447. The van der Waals surface area contributed by atoms with Crippen LogP contribution < -0.4 is 10.6 Å². The summed E-state index contributed by atoms with van der Waals surface area (Å²) >= 11 is 0. The second-order valence-corrected chi connectivity index (χ2v) is 8.01. The van der Waals surface area contributed by atoms with Crippen molar-refractivity contribution in [3.05, 3.63) is 35.4 Å². The number of sulfone groups is 1. The maximum atomic E-state index is 12.1. The van der Waals surface area contributed by atoms with Gasteiger partial charge in [-0.1, -0.05) is 0 Å². The first kappa shape index (κ1) is 16.5. The SMILES string of the molecule is CC(C)NC(=O)c1ccc(C(=O)NC2CCS(=O)(=O)C2)cc1. The standard InChI is InChI=1S/C15H20N2O4S/c1-10(2)16-14(18)11-3-5-12(6-4-11)15(19)17-13-7-8-22(20,21)9-13/h3-6,10,13H,7-9H2,1-2H3,(H,16,18)(H,17,19). The van der Waals surface area contributed by atoms with E-state index in [2.05, 4.69) is 10.6 Å². The molecule has 0 radical (unpaired) electrons. The van der Waals surface area contributed by atoms with Gasteiger partial charge in [0.15, 0.2) is 9.84 Å². The highest BCUT2D eigenvalue weighted by molar-refractivity contribution is 7.91. The normalized spacial score (nSPS) is 19.9. The summed E-state index contributed by atoms with van der Waals surface area (Å²) in [5.74, 6) is -0.401. The summed E-state index contributed by atoms with van der Waals surface area (Å²) in [5, 5.41) is 5.48. The minimum Gasteiger partial charge on any atom is -0.350 e. The van der Waals surface area contributed by atoms with Gasteiger partial charge in [-0.25, -0.2) is 8.42 Å². The van der Waals surface area contributed by atoms with Crippen LogP contribution in [0.2, 0.25) is 0 Å². The fraction of sp³-hybridized carbons (Fsp3) is 0.467. The molecule has 2 rings (SSSR count). The molecule has 1 heterocycles. The van der Waals surface area contributed by atoms with Crippen molar-refractivity contribution in [1.82, 2.24) is 10.6 Å². The average Bonchev–Trinajstić information content (AvgIpc) is 2.77. The predicted molar refractivity (Wildman–Crippen MR) is 83.6 cm³/mol. The van der Waals surface area contributed by atoms with Crippen molar-refractivity contribution in [2.45, 2.75) is 32.4 Å². The lowest BCUT2D eigenvalue weighted by Gasteiger charge is -2.11. The Balaban J connectivity index is 1.98. The highest BCUT2D eigenvalue weighted by Gasteiger charge is 2.29. The summed E-state index contributed by atoms with van der Waals surface area (Å²) in [6.45, 7) is 3.74. The fourth-order valence-corrected chi connectivity index (χ4v) is 3.97. The number of benzene rings is 1. The van der Waals surface area contributed by atoms with Gasteiger partial charge in [0.25, 0.3) is 11.8 Å². The first-order valence-electron chi connectivity index (χ1n) is 7.19. The Morgan fingerprint density at radius 3 is 2.09 bits per heavy atom. The van der Waals surface area contributed by atoms with E-state index in [1.165, 1.54) is 0 Å². The van der Waals surface area contributed by atoms with Crippen LogP contribution in [0.3, 0.4) is 0 Å². The molecule has 1 aliphatic rings. The lowest BCUT2D eigenvalue weighted by molar-refractivity contribution is 0.0929. The Kier molecular flexibility index (Phi) is 4.85. The Labute approximate surface area is 130 Å². The van der Waals surface area contributed by atoms with Gasteiger partial charge in [0.05, 0.1) is 11.5 Å². The van der Waals surface area contributed by atoms with Crippen LogP contribution in [0.15, 0.2) is 24.3 Å². The molecule has 22 heavy (non-hydrogen) atoms. The van der Waals surface area contributed by atoms with Gasteiger partial charge in [0, 0.05) is 23.2 Å². The van der Waals surface area contributed by atoms with Crippen molar-refractivity contribution in [3.8, 4) is 0 Å². The number of hydrogen-bond acceptors (Lipinski definition) is 4. The molecule has 7 heteroatoms. The van der Waals surface area contributed by atoms with Crippen molar-refractivity contribution in [1.29, 1.82) is 0 Å². The minimum absolute atomic E-state index is 0.00633. The van der Waals surface area contributed by atoms with E-state index in [0.717, 1.165) is 0 Å². The van der Waals surface area contributed by atoms with Crippen LogP contribution in [0.4, 0.5) is 0 Å². The molecular weight excluding hydrogens is 304 g/mol. The maximum Gasteiger partial charge on any atom is 0.251 e. The number of carbonyl (C=O) groups is 2. The van der Waals surface area contributed by atoms with Crippen LogP contribution in [0, 0.1) is 0 Å². The van der Waals surface area contributed by atoms with Gasteiger partial charge < -0.3 is 10.6 Å². The molecule has 0 aliphatic carbocycles. The van der Waals surface area contributed by atoms with Crippen molar-refractivity contribution in [3.63, 3.8) is 0 Å². The van der Waals surface area contributed by atoms with Gasteiger partial charge in [0.1, 0.15) is 0 Å². The van der Waals surface area contributed by atoms with Crippen LogP contribution in [-0.4, -0.2) is 43.8 Å². The highest BCUT2D eigenvalue weighted by atomic mass is 32.2. The molecule has 0 saturated carbocycles. The molecule has 0 aromatic heterocycles. The van der Waals surface area contributed by atoms with Gasteiger partial charge in [-0.3, -0.25) is 9.59 Å². The Morgan fingerprint density at radius 1 is 1.09 bits per heavy atom. The first-order valence-corrected chi connectivity index (χ1v) is 9.01. The molecule has 1 atom stereocenters. The van der Waals surface area contributed by atoms with Crippen LogP contribution in [-0.2, 0) is 9.84 Å². The summed E-state index contributed by atoms with van der Waals surface area (Å²) in [4.78, 5) is 23.9. The highest BCUT2D eigenvalue weighted by Crippen LogP contribution is 2.12. The Bertz CT molecular complexity index is 665. The van der Waals surface area contributed by atoms with E-state index in [4.69, 9.17) is 0 Å². The smallest absolute Gasteiger partial charge is 0.251 e. The van der Waals surface area contributed by atoms with Gasteiger partial charge in [-0.05, 0) is 44.5 Å². The first-order chi connectivity index (χ1) is 10.3. The predicted octanol–water partition coefficient (Wildman–Crippen LogP) is 0.742. The minimum atomic E-state index is -3.02. The van der Waals surface area contributed by atoms with Crippen LogP contribution in [0.1, 0.15) is 41.0 Å². The third kappa shape index (κ3) is 4.30. The van der Waals surface area contributed by atoms with Crippen LogP contribution in [0.5, 0.6) is 0 Å². The van der Waals surface area contributed by atoms with E-state index in [9.17, 15) is 18.0 Å². The van der Waals surface area contributed by atoms with Crippen molar-refractivity contribution < 1.29 is 18.0 Å². The zero-order valence-corrected chi connectivity index (χ0v) is 13.4. The van der Waals surface area contributed by atoms with E-state index in [0.29, 0.717) is 17.5 Å². The molecular formula is C15H20N2O4S. The topological polar surface area (TPSA) is 92.3 Å². The van der Waals surface area contributed by atoms with E-state index in [1.807, 2.05) is 13.8 Å². The Hall–Kier alpha value is -1.89. The lowest BCUT2D eigenvalue weighted by atomic mass is 10.1. The lowest BCUT2D eigenvalue weighted by Crippen LogP contribution is -2.35. The zero-order chi connectivity index (χ0) is 16.3. The number of amides is 2.